The summed E-state index contributed by atoms with van der Waals surface area (Å²) in [7, 11) is 0. The second-order valence-corrected chi connectivity index (χ2v) is 4.61. The lowest BCUT2D eigenvalue weighted by molar-refractivity contribution is 0.0951. The number of epoxide rings is 1. The lowest BCUT2D eigenvalue weighted by atomic mass is 9.72. The quantitative estimate of drug-likeness (QED) is 0.582. The zero-order valence-corrected chi connectivity index (χ0v) is 8.28. The van der Waals surface area contributed by atoms with Gasteiger partial charge in [-0.3, -0.25) is 4.79 Å². The number of carbonyl (C=O) groups is 1. The third-order valence-corrected chi connectivity index (χ3v) is 3.35. The lowest BCUT2D eigenvalue weighted by Gasteiger charge is -2.28. The highest BCUT2D eigenvalue weighted by Gasteiger charge is 2.58. The number of hydrogen-bond donors (Lipinski definition) is 0. The summed E-state index contributed by atoms with van der Waals surface area (Å²) < 4.78 is 5.44. The van der Waals surface area contributed by atoms with Crippen molar-refractivity contribution in [3.8, 4) is 0 Å². The summed E-state index contributed by atoms with van der Waals surface area (Å²) in [6.45, 7) is 4.28. The van der Waals surface area contributed by atoms with Gasteiger partial charge in [0, 0.05) is 11.0 Å². The molecule has 1 saturated heterocycles. The molecule has 2 unspecified atom stereocenters. The number of ether oxygens (including phenoxy) is 1. The zero-order valence-electron chi connectivity index (χ0n) is 8.28. The Bertz CT molecular complexity index is 420. The Kier molecular flexibility index (Phi) is 1.32. The minimum Gasteiger partial charge on any atom is -0.360 e. The molecule has 2 heteroatoms. The summed E-state index contributed by atoms with van der Waals surface area (Å²) in [4.78, 5) is 11.8. The summed E-state index contributed by atoms with van der Waals surface area (Å²) in [6, 6.07) is 7.83. The van der Waals surface area contributed by atoms with E-state index in [0.29, 0.717) is 0 Å². The average Bonchev–Trinajstić information content (AvgIpc) is 2.95. The molecule has 0 aromatic heterocycles. The Hall–Kier alpha value is -1.15. The first-order valence-electron chi connectivity index (χ1n) is 4.91. The van der Waals surface area contributed by atoms with E-state index in [2.05, 4.69) is 13.8 Å². The van der Waals surface area contributed by atoms with Crippen molar-refractivity contribution in [2.24, 2.45) is 0 Å². The monoisotopic (exact) mass is 188 g/mol. The van der Waals surface area contributed by atoms with Crippen LogP contribution in [0, 0.1) is 0 Å². The third-order valence-electron chi connectivity index (χ3n) is 3.35. The van der Waals surface area contributed by atoms with Crippen LogP contribution in [0.25, 0.3) is 0 Å². The summed E-state index contributed by atoms with van der Waals surface area (Å²) in [5, 5.41) is 0. The summed E-state index contributed by atoms with van der Waals surface area (Å²) in [5.41, 5.74) is 1.95. The van der Waals surface area contributed by atoms with Gasteiger partial charge in [-0.2, -0.15) is 0 Å². The molecule has 14 heavy (non-hydrogen) atoms. The lowest BCUT2D eigenvalue weighted by Crippen LogP contribution is -2.35. The highest BCUT2D eigenvalue weighted by Crippen LogP contribution is 2.47. The number of carbonyl (C=O) groups excluding carboxylic acids is 1. The Morgan fingerprint density at radius 1 is 1.29 bits per heavy atom. The SMILES string of the molecule is CC1(C)c2ccccc2C(=O)C2OC21. The highest BCUT2D eigenvalue weighted by atomic mass is 16.6. The van der Waals surface area contributed by atoms with Crippen molar-refractivity contribution in [1.29, 1.82) is 0 Å². The van der Waals surface area contributed by atoms with E-state index in [4.69, 9.17) is 4.74 Å². The van der Waals surface area contributed by atoms with Crippen LogP contribution in [0.5, 0.6) is 0 Å². The molecule has 1 fully saturated rings. The minimum atomic E-state index is -0.167. The smallest absolute Gasteiger partial charge is 0.194 e. The number of fused-ring (bicyclic) bond motifs is 2. The van der Waals surface area contributed by atoms with Crippen LogP contribution < -0.4 is 0 Å². The van der Waals surface area contributed by atoms with Gasteiger partial charge in [0.2, 0.25) is 0 Å². The van der Waals surface area contributed by atoms with Crippen molar-refractivity contribution in [2.75, 3.05) is 0 Å². The van der Waals surface area contributed by atoms with Crippen molar-refractivity contribution < 1.29 is 9.53 Å². The van der Waals surface area contributed by atoms with Crippen LogP contribution in [-0.4, -0.2) is 18.0 Å². The molecule has 72 valence electrons. The van der Waals surface area contributed by atoms with E-state index < -0.39 is 0 Å². The fourth-order valence-corrected chi connectivity index (χ4v) is 2.43. The van der Waals surface area contributed by atoms with Crippen molar-refractivity contribution in [2.45, 2.75) is 31.5 Å². The first kappa shape index (κ1) is 8.18. The maximum absolute atomic E-state index is 11.8. The second kappa shape index (κ2) is 2.26. The molecule has 2 nitrogen and oxygen atoms in total. The summed E-state index contributed by atoms with van der Waals surface area (Å²) in [6.07, 6.45) is -0.0650. The van der Waals surface area contributed by atoms with Gasteiger partial charge in [-0.25, -0.2) is 0 Å². The predicted octanol–water partition coefficient (Wildman–Crippen LogP) is 1.93. The van der Waals surface area contributed by atoms with Crippen LogP contribution in [0.4, 0.5) is 0 Å². The van der Waals surface area contributed by atoms with Crippen molar-refractivity contribution >= 4 is 5.78 Å². The van der Waals surface area contributed by atoms with Crippen LogP contribution in [0.3, 0.4) is 0 Å². The van der Waals surface area contributed by atoms with E-state index >= 15 is 0 Å². The van der Waals surface area contributed by atoms with Crippen LogP contribution in [-0.2, 0) is 10.2 Å². The fourth-order valence-electron chi connectivity index (χ4n) is 2.43. The molecule has 1 heterocycles. The molecule has 0 N–H and O–H groups in total. The number of ketones is 1. The van der Waals surface area contributed by atoms with Crippen LogP contribution in [0.15, 0.2) is 24.3 Å². The van der Waals surface area contributed by atoms with Gasteiger partial charge in [-0.1, -0.05) is 38.1 Å². The first-order chi connectivity index (χ1) is 6.62. The molecule has 1 aliphatic heterocycles. The molecule has 1 aromatic rings. The summed E-state index contributed by atoms with van der Waals surface area (Å²) >= 11 is 0. The van der Waals surface area contributed by atoms with Gasteiger partial charge < -0.3 is 4.74 Å². The molecule has 1 aliphatic carbocycles. The average molecular weight is 188 g/mol. The van der Waals surface area contributed by atoms with Crippen LogP contribution >= 0.6 is 0 Å². The van der Waals surface area contributed by atoms with Gasteiger partial charge in [0.15, 0.2) is 5.78 Å². The van der Waals surface area contributed by atoms with E-state index in [1.54, 1.807) is 0 Å². The van der Waals surface area contributed by atoms with Gasteiger partial charge in [-0.05, 0) is 5.56 Å². The van der Waals surface area contributed by atoms with Gasteiger partial charge in [0.25, 0.3) is 0 Å². The maximum Gasteiger partial charge on any atom is 0.194 e. The number of Topliss-reactive ketones (excluding diaryl/α,β-unsaturated/α-hetero) is 1. The van der Waals surface area contributed by atoms with E-state index in [-0.39, 0.29) is 23.4 Å². The standard InChI is InChI=1S/C12H12O2/c1-12(2)8-6-4-3-5-7(8)9(13)10-11(12)14-10/h3-6,10-11H,1-2H3. The minimum absolute atomic E-state index is 0.0187. The van der Waals surface area contributed by atoms with Gasteiger partial charge in [0.05, 0.1) is 0 Å². The normalized spacial score (nSPS) is 32.0. The number of benzene rings is 1. The fraction of sp³-hybridized carbons (Fsp3) is 0.417. The third kappa shape index (κ3) is 0.819. The number of hydrogen-bond acceptors (Lipinski definition) is 2. The van der Waals surface area contributed by atoms with E-state index in [9.17, 15) is 4.79 Å². The Labute approximate surface area is 82.9 Å². The van der Waals surface area contributed by atoms with Gasteiger partial charge in [-0.15, -0.1) is 0 Å². The van der Waals surface area contributed by atoms with Crippen LogP contribution in [0.1, 0.15) is 29.8 Å². The molecule has 2 aliphatic rings. The molecule has 3 rings (SSSR count). The molecule has 0 saturated carbocycles. The predicted molar refractivity (Wildman–Crippen MR) is 52.5 cm³/mol. The first-order valence-corrected chi connectivity index (χ1v) is 4.91. The molecule has 0 amide bonds. The second-order valence-electron chi connectivity index (χ2n) is 4.61. The molecule has 2 atom stereocenters. The van der Waals surface area contributed by atoms with Crippen molar-refractivity contribution in [3.05, 3.63) is 35.4 Å². The van der Waals surface area contributed by atoms with E-state index in [0.717, 1.165) is 11.1 Å². The topological polar surface area (TPSA) is 29.6 Å². The Balaban J connectivity index is 2.26. The summed E-state index contributed by atoms with van der Waals surface area (Å²) in [5.74, 6) is 0.157. The zero-order chi connectivity index (χ0) is 9.92. The highest BCUT2D eigenvalue weighted by molar-refractivity contribution is 6.04. The van der Waals surface area contributed by atoms with E-state index in [1.165, 1.54) is 0 Å². The Morgan fingerprint density at radius 2 is 2.00 bits per heavy atom. The van der Waals surface area contributed by atoms with E-state index in [1.807, 2.05) is 24.3 Å². The van der Waals surface area contributed by atoms with Crippen LogP contribution in [0.2, 0.25) is 0 Å². The Morgan fingerprint density at radius 3 is 2.79 bits per heavy atom. The number of rotatable bonds is 0. The molecular weight excluding hydrogens is 176 g/mol. The molecule has 0 radical (unpaired) electrons. The molecule has 0 spiro atoms. The molecular formula is C12H12O2. The maximum atomic E-state index is 11.8. The molecule has 0 bridgehead atoms. The van der Waals surface area contributed by atoms with Gasteiger partial charge >= 0.3 is 0 Å². The largest absolute Gasteiger partial charge is 0.360 e. The molecule has 1 aromatic carbocycles. The van der Waals surface area contributed by atoms with Crippen molar-refractivity contribution in [3.63, 3.8) is 0 Å². The van der Waals surface area contributed by atoms with Crippen molar-refractivity contribution in [1.82, 2.24) is 0 Å². The van der Waals surface area contributed by atoms with Gasteiger partial charge in [0.1, 0.15) is 12.2 Å².